The lowest BCUT2D eigenvalue weighted by molar-refractivity contribution is 0.495. The number of rotatable bonds is 0. The highest BCUT2D eigenvalue weighted by atomic mass is 14.7. The van der Waals surface area contributed by atoms with Crippen LogP contribution in [0.5, 0.6) is 0 Å². The van der Waals surface area contributed by atoms with Gasteiger partial charge in [-0.25, -0.2) is 0 Å². The van der Waals surface area contributed by atoms with Crippen molar-refractivity contribution in [2.45, 2.75) is 26.2 Å². The van der Waals surface area contributed by atoms with E-state index in [9.17, 15) is 0 Å². The Kier molecular flexibility index (Phi) is 1.98. The molecule has 0 aliphatic heterocycles. The second kappa shape index (κ2) is 3.34. The zero-order valence-electron chi connectivity index (χ0n) is 9.03. The van der Waals surface area contributed by atoms with Gasteiger partial charge in [-0.1, -0.05) is 25.1 Å². The Morgan fingerprint density at radius 3 is 3.07 bits per heavy atom. The zero-order valence-corrected chi connectivity index (χ0v) is 9.03. The van der Waals surface area contributed by atoms with Crippen LogP contribution in [0.15, 0.2) is 30.3 Å². The maximum Gasteiger partial charge on any atom is 0.0705 e. The van der Waals surface area contributed by atoms with Crippen molar-refractivity contribution in [2.24, 2.45) is 5.92 Å². The van der Waals surface area contributed by atoms with E-state index in [0.29, 0.717) is 0 Å². The van der Waals surface area contributed by atoms with Gasteiger partial charge < -0.3 is 0 Å². The van der Waals surface area contributed by atoms with Crippen LogP contribution in [-0.4, -0.2) is 4.98 Å². The van der Waals surface area contributed by atoms with Crippen LogP contribution in [0, 0.1) is 5.92 Å². The van der Waals surface area contributed by atoms with E-state index in [0.717, 1.165) is 17.9 Å². The van der Waals surface area contributed by atoms with E-state index in [1.807, 2.05) is 0 Å². The Morgan fingerprint density at radius 1 is 1.27 bits per heavy atom. The lowest BCUT2D eigenvalue weighted by atomic mass is 9.87. The standard InChI is InChI=1S/C14H15N/c1-10-6-7-14-12(8-10)9-11-4-2-3-5-13(11)15-14/h2-5,9-10H,6-8H2,1H3. The van der Waals surface area contributed by atoms with Crippen molar-refractivity contribution in [2.75, 3.05) is 0 Å². The summed E-state index contributed by atoms with van der Waals surface area (Å²) in [5.41, 5.74) is 3.94. The molecule has 0 radical (unpaired) electrons. The fourth-order valence-corrected chi connectivity index (χ4v) is 2.45. The molecule has 0 fully saturated rings. The van der Waals surface area contributed by atoms with E-state index >= 15 is 0 Å². The molecule has 0 saturated heterocycles. The number of benzene rings is 1. The molecule has 1 aliphatic rings. The lowest BCUT2D eigenvalue weighted by Gasteiger charge is -2.20. The Hall–Kier alpha value is -1.37. The average Bonchev–Trinajstić information content (AvgIpc) is 2.26. The molecule has 0 spiro atoms. The highest BCUT2D eigenvalue weighted by Crippen LogP contribution is 2.26. The van der Waals surface area contributed by atoms with Crippen molar-refractivity contribution in [3.8, 4) is 0 Å². The minimum atomic E-state index is 0.820. The Morgan fingerprint density at radius 2 is 2.13 bits per heavy atom. The van der Waals surface area contributed by atoms with Crippen LogP contribution >= 0.6 is 0 Å². The molecule has 0 bridgehead atoms. The van der Waals surface area contributed by atoms with Gasteiger partial charge in [0.05, 0.1) is 5.52 Å². The van der Waals surface area contributed by atoms with Crippen LogP contribution in [0.3, 0.4) is 0 Å². The summed E-state index contributed by atoms with van der Waals surface area (Å²) < 4.78 is 0. The maximum atomic E-state index is 4.75. The number of para-hydroxylation sites is 1. The van der Waals surface area contributed by atoms with Gasteiger partial charge in [0.2, 0.25) is 0 Å². The van der Waals surface area contributed by atoms with Gasteiger partial charge in [0.25, 0.3) is 0 Å². The topological polar surface area (TPSA) is 12.9 Å². The minimum absolute atomic E-state index is 0.820. The average molecular weight is 197 g/mol. The summed E-state index contributed by atoms with van der Waals surface area (Å²) in [7, 11) is 0. The number of fused-ring (bicyclic) bond motifs is 2. The van der Waals surface area contributed by atoms with Gasteiger partial charge in [-0.05, 0) is 42.9 Å². The number of nitrogens with zero attached hydrogens (tertiary/aromatic N) is 1. The fourth-order valence-electron chi connectivity index (χ4n) is 2.45. The molecule has 1 aliphatic carbocycles. The second-order valence-corrected chi connectivity index (χ2v) is 4.63. The molecule has 3 rings (SSSR count). The Labute approximate surface area is 90.2 Å². The monoisotopic (exact) mass is 197 g/mol. The van der Waals surface area contributed by atoms with Crippen molar-refractivity contribution in [3.05, 3.63) is 41.6 Å². The summed E-state index contributed by atoms with van der Waals surface area (Å²) in [6.07, 6.45) is 3.65. The first kappa shape index (κ1) is 8.90. The quantitative estimate of drug-likeness (QED) is 0.631. The third-order valence-corrected chi connectivity index (χ3v) is 3.33. The first-order valence-corrected chi connectivity index (χ1v) is 5.70. The van der Waals surface area contributed by atoms with Crippen molar-refractivity contribution >= 4 is 10.9 Å². The summed E-state index contributed by atoms with van der Waals surface area (Å²) in [6, 6.07) is 10.7. The smallest absolute Gasteiger partial charge is 0.0705 e. The number of pyridine rings is 1. The van der Waals surface area contributed by atoms with Gasteiger partial charge in [0.1, 0.15) is 0 Å². The number of hydrogen-bond donors (Lipinski definition) is 0. The normalized spacial score (nSPS) is 20.2. The summed E-state index contributed by atoms with van der Waals surface area (Å²) in [5, 5.41) is 1.28. The van der Waals surface area contributed by atoms with Gasteiger partial charge >= 0.3 is 0 Å². The van der Waals surface area contributed by atoms with E-state index in [2.05, 4.69) is 37.3 Å². The summed E-state index contributed by atoms with van der Waals surface area (Å²) in [4.78, 5) is 4.75. The van der Waals surface area contributed by atoms with Crippen molar-refractivity contribution < 1.29 is 0 Å². The molecule has 1 atom stereocenters. The number of aryl methyl sites for hydroxylation is 1. The van der Waals surface area contributed by atoms with E-state index < -0.39 is 0 Å². The lowest BCUT2D eigenvalue weighted by Crippen LogP contribution is -2.12. The molecule has 2 aromatic rings. The number of hydrogen-bond acceptors (Lipinski definition) is 1. The van der Waals surface area contributed by atoms with Crippen LogP contribution in [0.1, 0.15) is 24.6 Å². The predicted molar refractivity (Wildman–Crippen MR) is 62.9 cm³/mol. The first-order valence-electron chi connectivity index (χ1n) is 5.70. The van der Waals surface area contributed by atoms with Gasteiger partial charge in [-0.3, -0.25) is 4.98 Å². The molecule has 1 heteroatoms. The molecule has 0 saturated carbocycles. The minimum Gasteiger partial charge on any atom is -0.253 e. The third kappa shape index (κ3) is 1.52. The van der Waals surface area contributed by atoms with Crippen LogP contribution in [0.4, 0.5) is 0 Å². The summed E-state index contributed by atoms with van der Waals surface area (Å²) >= 11 is 0. The van der Waals surface area contributed by atoms with Crippen molar-refractivity contribution in [3.63, 3.8) is 0 Å². The van der Waals surface area contributed by atoms with Crippen LogP contribution in [0.2, 0.25) is 0 Å². The highest BCUT2D eigenvalue weighted by molar-refractivity contribution is 5.79. The first-order chi connectivity index (χ1) is 7.33. The Balaban J connectivity index is 2.20. The molecule has 1 unspecified atom stereocenters. The van der Waals surface area contributed by atoms with Crippen molar-refractivity contribution in [1.29, 1.82) is 0 Å². The van der Waals surface area contributed by atoms with E-state index in [-0.39, 0.29) is 0 Å². The van der Waals surface area contributed by atoms with Gasteiger partial charge in [0.15, 0.2) is 0 Å². The molecular weight excluding hydrogens is 182 g/mol. The van der Waals surface area contributed by atoms with Gasteiger partial charge in [-0.2, -0.15) is 0 Å². The molecule has 0 N–H and O–H groups in total. The summed E-state index contributed by atoms with van der Waals surface area (Å²) in [6.45, 7) is 2.33. The molecule has 0 amide bonds. The highest BCUT2D eigenvalue weighted by Gasteiger charge is 2.16. The molecular formula is C14H15N. The van der Waals surface area contributed by atoms with Crippen LogP contribution < -0.4 is 0 Å². The van der Waals surface area contributed by atoms with Crippen LogP contribution in [0.25, 0.3) is 10.9 Å². The van der Waals surface area contributed by atoms with Gasteiger partial charge in [-0.15, -0.1) is 0 Å². The molecule has 15 heavy (non-hydrogen) atoms. The largest absolute Gasteiger partial charge is 0.253 e. The third-order valence-electron chi connectivity index (χ3n) is 3.33. The van der Waals surface area contributed by atoms with Crippen LogP contribution in [-0.2, 0) is 12.8 Å². The predicted octanol–water partition coefficient (Wildman–Crippen LogP) is 3.36. The SMILES string of the molecule is CC1CCc2nc3ccccc3cc2C1. The fraction of sp³-hybridized carbons (Fsp3) is 0.357. The van der Waals surface area contributed by atoms with E-state index in [1.165, 1.54) is 29.5 Å². The molecule has 1 heterocycles. The Bertz CT molecular complexity index is 502. The summed E-state index contributed by atoms with van der Waals surface area (Å²) in [5.74, 6) is 0.820. The van der Waals surface area contributed by atoms with Crippen molar-refractivity contribution in [1.82, 2.24) is 4.98 Å². The molecule has 1 aromatic carbocycles. The van der Waals surface area contributed by atoms with Gasteiger partial charge in [0, 0.05) is 11.1 Å². The number of aromatic nitrogens is 1. The molecule has 1 nitrogen and oxygen atoms in total. The second-order valence-electron chi connectivity index (χ2n) is 4.63. The van der Waals surface area contributed by atoms with E-state index in [1.54, 1.807) is 0 Å². The maximum absolute atomic E-state index is 4.75. The molecule has 1 aromatic heterocycles. The van der Waals surface area contributed by atoms with E-state index in [4.69, 9.17) is 4.98 Å². The molecule has 76 valence electrons. The zero-order chi connectivity index (χ0) is 10.3.